The second-order valence-electron chi connectivity index (χ2n) is 6.98. The third-order valence-corrected chi connectivity index (χ3v) is 4.93. The van der Waals surface area contributed by atoms with Gasteiger partial charge in [-0.15, -0.1) is 0 Å². The van der Waals surface area contributed by atoms with Gasteiger partial charge in [-0.1, -0.05) is 26.0 Å². The Kier molecular flexibility index (Phi) is 6.79. The van der Waals surface area contributed by atoms with E-state index in [-0.39, 0.29) is 11.7 Å². The lowest BCUT2D eigenvalue weighted by molar-refractivity contribution is 0.0740. The monoisotopic (exact) mass is 385 g/mol. The summed E-state index contributed by atoms with van der Waals surface area (Å²) in [6, 6.07) is 6.75. The van der Waals surface area contributed by atoms with E-state index in [1.807, 2.05) is 11.0 Å². The van der Waals surface area contributed by atoms with Crippen LogP contribution in [0.3, 0.4) is 0 Å². The number of anilines is 2. The molecule has 1 aromatic carbocycles. The highest BCUT2D eigenvalue weighted by Crippen LogP contribution is 2.20. The topological polar surface area (TPSA) is 52.6 Å². The molecular formula is C21H28FN5O. The van der Waals surface area contributed by atoms with Gasteiger partial charge in [-0.3, -0.25) is 4.79 Å². The minimum absolute atomic E-state index is 0.121. The van der Waals surface area contributed by atoms with Crippen molar-refractivity contribution in [2.45, 2.75) is 26.7 Å². The summed E-state index contributed by atoms with van der Waals surface area (Å²) in [5, 5.41) is 0. The largest absolute Gasteiger partial charge is 0.366 e. The fourth-order valence-corrected chi connectivity index (χ4v) is 3.50. The number of aromatic nitrogens is 2. The highest BCUT2D eigenvalue weighted by Gasteiger charge is 2.24. The number of amides is 1. The molecule has 6 nitrogen and oxygen atoms in total. The molecule has 1 aliphatic rings. The van der Waals surface area contributed by atoms with Gasteiger partial charge in [0, 0.05) is 39.3 Å². The summed E-state index contributed by atoms with van der Waals surface area (Å²) >= 11 is 0. The zero-order valence-electron chi connectivity index (χ0n) is 16.6. The lowest BCUT2D eigenvalue weighted by Gasteiger charge is -2.36. The van der Waals surface area contributed by atoms with Crippen molar-refractivity contribution in [2.24, 2.45) is 0 Å². The van der Waals surface area contributed by atoms with Crippen LogP contribution in [0.2, 0.25) is 0 Å². The van der Waals surface area contributed by atoms with Crippen LogP contribution in [0.4, 0.5) is 15.9 Å². The van der Waals surface area contributed by atoms with E-state index in [2.05, 4.69) is 28.7 Å². The zero-order chi connectivity index (χ0) is 19.9. The van der Waals surface area contributed by atoms with Crippen LogP contribution in [-0.4, -0.2) is 60.0 Å². The van der Waals surface area contributed by atoms with Gasteiger partial charge >= 0.3 is 0 Å². The average molecular weight is 385 g/mol. The Morgan fingerprint density at radius 2 is 1.71 bits per heavy atom. The van der Waals surface area contributed by atoms with E-state index < -0.39 is 0 Å². The Morgan fingerprint density at radius 3 is 2.29 bits per heavy atom. The molecule has 7 heteroatoms. The number of carbonyl (C=O) groups is 1. The van der Waals surface area contributed by atoms with Gasteiger partial charge in [0.05, 0.1) is 18.1 Å². The molecule has 0 atom stereocenters. The van der Waals surface area contributed by atoms with Crippen molar-refractivity contribution in [1.82, 2.24) is 14.9 Å². The Bertz CT molecular complexity index is 769. The standard InChI is InChI=1S/C21H28FN5O/c1-3-9-26(10-4-2)20-16-23-18(15-24-20)21(28)27-13-11-25(12-14-27)19-8-6-5-7-17(19)22/h5-8,15-16H,3-4,9-14H2,1-2H3. The van der Waals surface area contributed by atoms with Crippen molar-refractivity contribution in [3.05, 3.63) is 48.2 Å². The van der Waals surface area contributed by atoms with Crippen LogP contribution in [0, 0.1) is 5.82 Å². The molecule has 0 bridgehead atoms. The molecular weight excluding hydrogens is 357 g/mol. The number of para-hydroxylation sites is 1. The lowest BCUT2D eigenvalue weighted by Crippen LogP contribution is -2.49. The Morgan fingerprint density at radius 1 is 1.04 bits per heavy atom. The van der Waals surface area contributed by atoms with Crippen LogP contribution in [-0.2, 0) is 0 Å². The van der Waals surface area contributed by atoms with Crippen molar-refractivity contribution in [3.8, 4) is 0 Å². The third kappa shape index (κ3) is 4.58. The highest BCUT2D eigenvalue weighted by molar-refractivity contribution is 5.92. The van der Waals surface area contributed by atoms with E-state index in [9.17, 15) is 9.18 Å². The van der Waals surface area contributed by atoms with E-state index >= 15 is 0 Å². The Hall–Kier alpha value is -2.70. The second kappa shape index (κ2) is 9.48. The maximum atomic E-state index is 14.0. The molecule has 2 heterocycles. The second-order valence-corrected chi connectivity index (χ2v) is 6.98. The van der Waals surface area contributed by atoms with Crippen molar-refractivity contribution in [2.75, 3.05) is 49.1 Å². The Balaban J connectivity index is 1.61. The number of hydrogen-bond acceptors (Lipinski definition) is 5. The van der Waals surface area contributed by atoms with Crippen LogP contribution in [0.25, 0.3) is 0 Å². The predicted octanol–water partition coefficient (Wildman–Crippen LogP) is 3.20. The van der Waals surface area contributed by atoms with E-state index in [0.717, 1.165) is 31.7 Å². The first kappa shape index (κ1) is 20.0. The predicted molar refractivity (Wildman–Crippen MR) is 109 cm³/mol. The molecule has 0 unspecified atom stereocenters. The summed E-state index contributed by atoms with van der Waals surface area (Å²) in [7, 11) is 0. The molecule has 1 aromatic heterocycles. The number of halogens is 1. The smallest absolute Gasteiger partial charge is 0.274 e. The maximum absolute atomic E-state index is 14.0. The van der Waals surface area contributed by atoms with E-state index in [4.69, 9.17) is 0 Å². The number of nitrogens with zero attached hydrogens (tertiary/aromatic N) is 5. The normalized spacial score (nSPS) is 14.2. The SMILES string of the molecule is CCCN(CCC)c1cnc(C(=O)N2CCN(c3ccccc3F)CC2)cn1. The molecule has 28 heavy (non-hydrogen) atoms. The number of benzene rings is 1. The minimum atomic E-state index is -0.229. The number of rotatable bonds is 7. The summed E-state index contributed by atoms with van der Waals surface area (Å²) in [5.74, 6) is 0.460. The average Bonchev–Trinajstić information content (AvgIpc) is 2.74. The van der Waals surface area contributed by atoms with Crippen LogP contribution in [0.1, 0.15) is 37.2 Å². The fourth-order valence-electron chi connectivity index (χ4n) is 3.50. The van der Waals surface area contributed by atoms with Crippen LogP contribution < -0.4 is 9.80 Å². The van der Waals surface area contributed by atoms with Crippen molar-refractivity contribution in [1.29, 1.82) is 0 Å². The first-order valence-corrected chi connectivity index (χ1v) is 9.99. The minimum Gasteiger partial charge on any atom is -0.366 e. The molecule has 1 aliphatic heterocycles. The number of carbonyl (C=O) groups excluding carboxylic acids is 1. The third-order valence-electron chi connectivity index (χ3n) is 4.93. The van der Waals surface area contributed by atoms with E-state index in [1.165, 1.54) is 6.07 Å². The van der Waals surface area contributed by atoms with Crippen LogP contribution in [0.15, 0.2) is 36.7 Å². The fraction of sp³-hybridized carbons (Fsp3) is 0.476. The molecule has 0 aliphatic carbocycles. The van der Waals surface area contributed by atoms with E-state index in [0.29, 0.717) is 37.6 Å². The molecule has 2 aromatic rings. The van der Waals surface area contributed by atoms with Crippen molar-refractivity contribution in [3.63, 3.8) is 0 Å². The number of piperazine rings is 1. The maximum Gasteiger partial charge on any atom is 0.274 e. The summed E-state index contributed by atoms with van der Waals surface area (Å²) in [4.78, 5) is 27.5. The molecule has 0 N–H and O–H groups in total. The number of hydrogen-bond donors (Lipinski definition) is 0. The van der Waals surface area contributed by atoms with Crippen LogP contribution >= 0.6 is 0 Å². The van der Waals surface area contributed by atoms with Crippen molar-refractivity contribution >= 4 is 17.4 Å². The van der Waals surface area contributed by atoms with Crippen molar-refractivity contribution < 1.29 is 9.18 Å². The molecule has 1 amide bonds. The summed E-state index contributed by atoms with van der Waals surface area (Å²) in [6.07, 6.45) is 5.33. The van der Waals surface area contributed by atoms with Gasteiger partial charge in [-0.25, -0.2) is 14.4 Å². The highest BCUT2D eigenvalue weighted by atomic mass is 19.1. The molecule has 0 saturated carbocycles. The molecule has 3 rings (SSSR count). The molecule has 1 fully saturated rings. The summed E-state index contributed by atoms with van der Waals surface area (Å²) in [5.41, 5.74) is 0.946. The quantitative estimate of drug-likeness (QED) is 0.733. The van der Waals surface area contributed by atoms with Gasteiger partial charge in [0.25, 0.3) is 5.91 Å². The van der Waals surface area contributed by atoms with Gasteiger partial charge in [0.2, 0.25) is 0 Å². The van der Waals surface area contributed by atoms with Gasteiger partial charge in [-0.05, 0) is 25.0 Å². The van der Waals surface area contributed by atoms with E-state index in [1.54, 1.807) is 29.4 Å². The Labute approximate surface area is 166 Å². The first-order chi connectivity index (χ1) is 13.6. The summed E-state index contributed by atoms with van der Waals surface area (Å²) in [6.45, 7) is 8.38. The first-order valence-electron chi connectivity index (χ1n) is 9.99. The summed E-state index contributed by atoms with van der Waals surface area (Å²) < 4.78 is 14.0. The van der Waals surface area contributed by atoms with Gasteiger partial charge in [0.15, 0.2) is 0 Å². The van der Waals surface area contributed by atoms with Gasteiger partial charge in [-0.2, -0.15) is 0 Å². The zero-order valence-corrected chi connectivity index (χ0v) is 16.6. The molecule has 1 saturated heterocycles. The van der Waals surface area contributed by atoms with Gasteiger partial charge in [0.1, 0.15) is 17.3 Å². The molecule has 150 valence electrons. The van der Waals surface area contributed by atoms with Crippen LogP contribution in [0.5, 0.6) is 0 Å². The van der Waals surface area contributed by atoms with Gasteiger partial charge < -0.3 is 14.7 Å². The lowest BCUT2D eigenvalue weighted by atomic mass is 10.2. The molecule has 0 spiro atoms. The molecule has 0 radical (unpaired) electrons.